The van der Waals surface area contributed by atoms with Crippen LogP contribution in [0.1, 0.15) is 25.7 Å². The summed E-state index contributed by atoms with van der Waals surface area (Å²) in [4.78, 5) is 10.8. The van der Waals surface area contributed by atoms with E-state index in [9.17, 15) is 4.79 Å². The first kappa shape index (κ1) is 9.00. The number of rotatable bonds is 1. The van der Waals surface area contributed by atoms with E-state index in [1.165, 1.54) is 12.8 Å². The average molecular weight is 182 g/mol. The lowest BCUT2D eigenvalue weighted by Crippen LogP contribution is -2.48. The van der Waals surface area contributed by atoms with Crippen LogP contribution in [-0.2, 0) is 4.79 Å². The first-order valence-corrected chi connectivity index (χ1v) is 5.05. The molecule has 0 aromatic heterocycles. The van der Waals surface area contributed by atoms with Crippen LogP contribution in [0.25, 0.3) is 0 Å². The summed E-state index contributed by atoms with van der Waals surface area (Å²) in [5, 5.41) is 12.0. The van der Waals surface area contributed by atoms with Crippen molar-refractivity contribution in [2.75, 3.05) is 6.54 Å². The van der Waals surface area contributed by atoms with E-state index in [1.807, 2.05) is 0 Å². The molecule has 2 fully saturated rings. The van der Waals surface area contributed by atoms with Crippen molar-refractivity contribution in [2.24, 2.45) is 11.8 Å². The van der Waals surface area contributed by atoms with Crippen LogP contribution in [0.2, 0.25) is 0 Å². The van der Waals surface area contributed by atoms with Gasteiger partial charge in [-0.05, 0) is 50.5 Å². The van der Waals surface area contributed by atoms with Gasteiger partial charge >= 0.3 is 5.97 Å². The van der Waals surface area contributed by atoms with Crippen LogP contribution < -0.4 is 5.32 Å². The van der Waals surface area contributed by atoms with Gasteiger partial charge in [0.25, 0.3) is 0 Å². The van der Waals surface area contributed by atoms with Crippen molar-refractivity contribution in [3.05, 3.63) is 6.42 Å². The van der Waals surface area contributed by atoms with E-state index in [0.717, 1.165) is 25.3 Å². The van der Waals surface area contributed by atoms with Crippen molar-refractivity contribution < 1.29 is 9.90 Å². The fraction of sp³-hybridized carbons (Fsp3) is 0.800. The van der Waals surface area contributed by atoms with Crippen molar-refractivity contribution >= 4 is 5.97 Å². The third-order valence-electron chi connectivity index (χ3n) is 3.34. The van der Waals surface area contributed by atoms with Crippen molar-refractivity contribution in [3.63, 3.8) is 0 Å². The Bertz CT molecular complexity index is 205. The fourth-order valence-corrected chi connectivity index (χ4v) is 2.52. The predicted octanol–water partition coefficient (Wildman–Crippen LogP) is 1.05. The Morgan fingerprint density at radius 1 is 1.46 bits per heavy atom. The van der Waals surface area contributed by atoms with Crippen molar-refractivity contribution in [3.8, 4) is 0 Å². The van der Waals surface area contributed by atoms with Gasteiger partial charge in [0.05, 0.1) is 0 Å². The number of carboxylic acids is 1. The zero-order valence-electron chi connectivity index (χ0n) is 7.70. The third-order valence-corrected chi connectivity index (χ3v) is 3.34. The van der Waals surface area contributed by atoms with Crippen molar-refractivity contribution in [2.45, 2.75) is 31.7 Å². The molecule has 2 N–H and O–H groups in total. The molecule has 1 saturated carbocycles. The van der Waals surface area contributed by atoms with Crippen molar-refractivity contribution in [1.29, 1.82) is 0 Å². The molecule has 3 heteroatoms. The molecule has 2 rings (SSSR count). The van der Waals surface area contributed by atoms with Gasteiger partial charge in [0.1, 0.15) is 6.04 Å². The quantitative estimate of drug-likeness (QED) is 0.637. The summed E-state index contributed by atoms with van der Waals surface area (Å²) in [7, 11) is 0. The van der Waals surface area contributed by atoms with E-state index in [4.69, 9.17) is 5.11 Å². The molecule has 0 bridgehead atoms. The minimum absolute atomic E-state index is 0.298. The SMILES string of the molecule is O=C(O)C1CC2C[CH]CCC2CN1. The summed E-state index contributed by atoms with van der Waals surface area (Å²) in [6.45, 7) is 0.898. The number of carboxylic acid groups (broad SMARTS) is 1. The van der Waals surface area contributed by atoms with Crippen molar-refractivity contribution in [1.82, 2.24) is 5.32 Å². The van der Waals surface area contributed by atoms with Gasteiger partial charge in [0.15, 0.2) is 0 Å². The van der Waals surface area contributed by atoms with Crippen LogP contribution in [0, 0.1) is 18.3 Å². The van der Waals surface area contributed by atoms with Crippen LogP contribution in [0.3, 0.4) is 0 Å². The van der Waals surface area contributed by atoms with Crippen LogP contribution in [0.4, 0.5) is 0 Å². The van der Waals surface area contributed by atoms with Gasteiger partial charge in [-0.3, -0.25) is 4.79 Å². The Balaban J connectivity index is 1.95. The highest BCUT2D eigenvalue weighted by Crippen LogP contribution is 2.34. The number of hydrogen-bond donors (Lipinski definition) is 2. The predicted molar refractivity (Wildman–Crippen MR) is 49.2 cm³/mol. The molecule has 13 heavy (non-hydrogen) atoms. The lowest BCUT2D eigenvalue weighted by Gasteiger charge is -2.38. The number of carbonyl (C=O) groups is 1. The van der Waals surface area contributed by atoms with E-state index in [1.54, 1.807) is 0 Å². The average Bonchev–Trinajstić information content (AvgIpc) is 2.17. The maximum Gasteiger partial charge on any atom is 0.320 e. The number of aliphatic carboxylic acids is 1. The molecule has 0 aromatic carbocycles. The molecule has 0 spiro atoms. The van der Waals surface area contributed by atoms with E-state index < -0.39 is 5.97 Å². The zero-order chi connectivity index (χ0) is 9.26. The standard InChI is InChI=1S/C10H16NO2/c12-10(13)9-5-7-3-1-2-4-8(7)6-11-9/h1,7-9,11H,2-6H2,(H,12,13). The molecule has 1 aliphatic carbocycles. The first-order valence-electron chi connectivity index (χ1n) is 5.05. The number of piperidine rings is 1. The Morgan fingerprint density at radius 3 is 3.08 bits per heavy atom. The summed E-state index contributed by atoms with van der Waals surface area (Å²) < 4.78 is 0. The minimum atomic E-state index is -0.691. The summed E-state index contributed by atoms with van der Waals surface area (Å²) in [5.41, 5.74) is 0. The van der Waals surface area contributed by atoms with E-state index in [2.05, 4.69) is 11.7 Å². The maximum absolute atomic E-state index is 10.8. The van der Waals surface area contributed by atoms with E-state index in [-0.39, 0.29) is 6.04 Å². The molecular weight excluding hydrogens is 166 g/mol. The Labute approximate surface area is 78.5 Å². The topological polar surface area (TPSA) is 49.3 Å². The Kier molecular flexibility index (Phi) is 2.54. The second-order valence-electron chi connectivity index (χ2n) is 4.16. The number of nitrogens with one attached hydrogen (secondary N) is 1. The molecule has 2 aliphatic rings. The molecule has 73 valence electrons. The molecule has 0 aromatic rings. The van der Waals surface area contributed by atoms with Gasteiger partial charge in [-0.2, -0.15) is 0 Å². The fourth-order valence-electron chi connectivity index (χ4n) is 2.52. The van der Waals surface area contributed by atoms with Crippen LogP contribution >= 0.6 is 0 Å². The largest absolute Gasteiger partial charge is 0.480 e. The van der Waals surface area contributed by atoms with Gasteiger partial charge in [-0.1, -0.05) is 0 Å². The van der Waals surface area contributed by atoms with Crippen LogP contribution in [0.15, 0.2) is 0 Å². The van der Waals surface area contributed by atoms with E-state index in [0.29, 0.717) is 5.92 Å². The third kappa shape index (κ3) is 1.85. The number of hydrogen-bond acceptors (Lipinski definition) is 2. The molecule has 1 saturated heterocycles. The normalized spacial score (nSPS) is 39.5. The molecule has 3 atom stereocenters. The molecule has 0 amide bonds. The van der Waals surface area contributed by atoms with Gasteiger partial charge in [-0.15, -0.1) is 0 Å². The molecule has 1 aliphatic heterocycles. The molecule has 3 unspecified atom stereocenters. The zero-order valence-corrected chi connectivity index (χ0v) is 7.70. The summed E-state index contributed by atoms with van der Waals surface area (Å²) in [6, 6.07) is -0.298. The second kappa shape index (κ2) is 3.66. The minimum Gasteiger partial charge on any atom is -0.480 e. The van der Waals surface area contributed by atoms with E-state index >= 15 is 0 Å². The van der Waals surface area contributed by atoms with Crippen LogP contribution in [0.5, 0.6) is 0 Å². The monoisotopic (exact) mass is 182 g/mol. The molecule has 1 radical (unpaired) electrons. The lowest BCUT2D eigenvalue weighted by molar-refractivity contribution is -0.141. The van der Waals surface area contributed by atoms with Crippen LogP contribution in [-0.4, -0.2) is 23.7 Å². The maximum atomic E-state index is 10.8. The lowest BCUT2D eigenvalue weighted by atomic mass is 9.74. The summed E-state index contributed by atoms with van der Waals surface area (Å²) >= 11 is 0. The second-order valence-corrected chi connectivity index (χ2v) is 4.16. The molecule has 3 nitrogen and oxygen atoms in total. The highest BCUT2D eigenvalue weighted by atomic mass is 16.4. The summed E-state index contributed by atoms with van der Waals surface area (Å²) in [5.74, 6) is 0.653. The highest BCUT2D eigenvalue weighted by molar-refractivity contribution is 5.73. The highest BCUT2D eigenvalue weighted by Gasteiger charge is 2.34. The Morgan fingerprint density at radius 2 is 2.31 bits per heavy atom. The molecule has 1 heterocycles. The van der Waals surface area contributed by atoms with Gasteiger partial charge in [0, 0.05) is 0 Å². The smallest absolute Gasteiger partial charge is 0.320 e. The van der Waals surface area contributed by atoms with Gasteiger partial charge < -0.3 is 10.4 Å². The summed E-state index contributed by atoms with van der Waals surface area (Å²) in [6.07, 6.45) is 6.70. The van der Waals surface area contributed by atoms with Gasteiger partial charge in [0.2, 0.25) is 0 Å². The molecular formula is C10H16NO2. The number of fused-ring (bicyclic) bond motifs is 1. The van der Waals surface area contributed by atoms with Gasteiger partial charge in [-0.25, -0.2) is 0 Å². The first-order chi connectivity index (χ1) is 6.27. The Hall–Kier alpha value is -0.570.